The third-order valence-corrected chi connectivity index (χ3v) is 4.49. The van der Waals surface area contributed by atoms with Crippen molar-refractivity contribution < 1.29 is 0 Å². The zero-order valence-corrected chi connectivity index (χ0v) is 15.3. The van der Waals surface area contributed by atoms with Crippen molar-refractivity contribution in [3.8, 4) is 0 Å². The van der Waals surface area contributed by atoms with Crippen molar-refractivity contribution in [1.82, 2.24) is 0 Å². The first-order chi connectivity index (χ1) is 13.3. The van der Waals surface area contributed by atoms with Crippen LogP contribution >= 0.6 is 0 Å². The fourth-order valence-corrected chi connectivity index (χ4v) is 3.10. The zero-order chi connectivity index (χ0) is 18.5. The second-order valence-electron chi connectivity index (χ2n) is 6.54. The molecule has 0 radical (unpaired) electrons. The maximum atomic E-state index is 3.46. The second-order valence-corrected chi connectivity index (χ2v) is 6.54. The van der Waals surface area contributed by atoms with Crippen LogP contribution in [0.1, 0.15) is 5.56 Å². The van der Waals surface area contributed by atoms with Gasteiger partial charge in [0, 0.05) is 28.4 Å². The standard InChI is InChI=1S/C25H22N2/c1-20-12-14-21(15-13-20)26-22-16-18-25(19-17-22)27(23-8-4-2-5-9-23)24-10-6-3-7-11-24/h2-19,26H,1H3. The Balaban J connectivity index is 1.64. The van der Waals surface area contributed by atoms with Crippen molar-refractivity contribution in [1.29, 1.82) is 0 Å². The lowest BCUT2D eigenvalue weighted by Crippen LogP contribution is -2.09. The summed E-state index contributed by atoms with van der Waals surface area (Å²) in [5, 5.41) is 3.46. The SMILES string of the molecule is Cc1ccc(Nc2ccc(N(c3ccccc3)c3ccccc3)cc2)cc1. The molecule has 0 unspecified atom stereocenters. The van der Waals surface area contributed by atoms with Gasteiger partial charge in [0.2, 0.25) is 0 Å². The molecule has 4 aromatic rings. The summed E-state index contributed by atoms with van der Waals surface area (Å²) in [5.74, 6) is 0. The molecule has 0 saturated heterocycles. The van der Waals surface area contributed by atoms with Crippen molar-refractivity contribution >= 4 is 28.4 Å². The fraction of sp³-hybridized carbons (Fsp3) is 0.0400. The van der Waals surface area contributed by atoms with Gasteiger partial charge in [-0.1, -0.05) is 54.1 Å². The van der Waals surface area contributed by atoms with E-state index in [4.69, 9.17) is 0 Å². The van der Waals surface area contributed by atoms with E-state index in [0.717, 1.165) is 28.4 Å². The molecule has 2 heteroatoms. The lowest BCUT2D eigenvalue weighted by atomic mass is 10.1. The molecule has 0 aliphatic carbocycles. The zero-order valence-electron chi connectivity index (χ0n) is 15.3. The van der Waals surface area contributed by atoms with Crippen molar-refractivity contribution in [3.63, 3.8) is 0 Å². The van der Waals surface area contributed by atoms with Crippen LogP contribution in [0.3, 0.4) is 0 Å². The van der Waals surface area contributed by atoms with E-state index in [2.05, 4.69) is 114 Å². The van der Waals surface area contributed by atoms with Crippen LogP contribution < -0.4 is 10.2 Å². The summed E-state index contributed by atoms with van der Waals surface area (Å²) in [7, 11) is 0. The minimum absolute atomic E-state index is 1.07. The van der Waals surface area contributed by atoms with E-state index in [9.17, 15) is 0 Å². The van der Waals surface area contributed by atoms with E-state index < -0.39 is 0 Å². The number of rotatable bonds is 5. The molecule has 27 heavy (non-hydrogen) atoms. The van der Waals surface area contributed by atoms with Crippen molar-refractivity contribution in [2.75, 3.05) is 10.2 Å². The van der Waals surface area contributed by atoms with Gasteiger partial charge in [-0.05, 0) is 67.6 Å². The summed E-state index contributed by atoms with van der Waals surface area (Å²) in [6, 6.07) is 37.8. The van der Waals surface area contributed by atoms with Crippen LogP contribution in [0.2, 0.25) is 0 Å². The molecule has 1 N–H and O–H groups in total. The lowest BCUT2D eigenvalue weighted by molar-refractivity contribution is 1.28. The summed E-state index contributed by atoms with van der Waals surface area (Å²) in [6.07, 6.45) is 0. The van der Waals surface area contributed by atoms with Gasteiger partial charge in [-0.2, -0.15) is 0 Å². The van der Waals surface area contributed by atoms with Gasteiger partial charge in [0.1, 0.15) is 0 Å². The average Bonchev–Trinajstić information content (AvgIpc) is 2.73. The van der Waals surface area contributed by atoms with Crippen LogP contribution in [0.25, 0.3) is 0 Å². The second kappa shape index (κ2) is 7.79. The van der Waals surface area contributed by atoms with Gasteiger partial charge in [-0.3, -0.25) is 0 Å². The number of hydrogen-bond acceptors (Lipinski definition) is 2. The van der Waals surface area contributed by atoms with Gasteiger partial charge in [0.05, 0.1) is 0 Å². The minimum atomic E-state index is 1.07. The Kier molecular flexibility index (Phi) is 4.88. The Morgan fingerprint density at radius 1 is 0.481 bits per heavy atom. The number of benzene rings is 4. The molecule has 0 heterocycles. The molecule has 0 saturated carbocycles. The molecule has 0 amide bonds. The topological polar surface area (TPSA) is 15.3 Å². The van der Waals surface area contributed by atoms with Gasteiger partial charge >= 0.3 is 0 Å². The maximum Gasteiger partial charge on any atom is 0.0463 e. The minimum Gasteiger partial charge on any atom is -0.356 e. The van der Waals surface area contributed by atoms with Crippen molar-refractivity contribution in [3.05, 3.63) is 115 Å². The van der Waals surface area contributed by atoms with Crippen LogP contribution in [0, 0.1) is 6.92 Å². The molecule has 0 atom stereocenters. The summed E-state index contributed by atoms with van der Waals surface area (Å²) in [4.78, 5) is 2.26. The molecule has 0 bridgehead atoms. The monoisotopic (exact) mass is 350 g/mol. The Labute approximate surface area is 160 Å². The van der Waals surface area contributed by atoms with Crippen LogP contribution in [-0.2, 0) is 0 Å². The molecule has 0 aliphatic rings. The normalized spacial score (nSPS) is 10.4. The molecule has 0 spiro atoms. The Hall–Kier alpha value is -3.52. The molecule has 4 rings (SSSR count). The van der Waals surface area contributed by atoms with E-state index in [-0.39, 0.29) is 0 Å². The highest BCUT2D eigenvalue weighted by atomic mass is 15.1. The predicted octanol–water partition coefficient (Wildman–Crippen LogP) is 7.21. The molecule has 0 aliphatic heterocycles. The number of nitrogens with zero attached hydrogens (tertiary/aromatic N) is 1. The smallest absolute Gasteiger partial charge is 0.0463 e. The highest BCUT2D eigenvalue weighted by Crippen LogP contribution is 2.34. The Morgan fingerprint density at radius 3 is 1.37 bits per heavy atom. The van der Waals surface area contributed by atoms with E-state index in [0.29, 0.717) is 0 Å². The highest BCUT2D eigenvalue weighted by Gasteiger charge is 2.11. The third-order valence-electron chi connectivity index (χ3n) is 4.49. The predicted molar refractivity (Wildman–Crippen MR) is 116 cm³/mol. The maximum absolute atomic E-state index is 3.46. The first-order valence-corrected chi connectivity index (χ1v) is 9.13. The van der Waals surface area contributed by atoms with E-state index >= 15 is 0 Å². The van der Waals surface area contributed by atoms with Gasteiger partial charge in [-0.25, -0.2) is 0 Å². The summed E-state index contributed by atoms with van der Waals surface area (Å²) in [5.41, 5.74) is 6.84. The molecular weight excluding hydrogens is 328 g/mol. The highest BCUT2D eigenvalue weighted by molar-refractivity contribution is 5.77. The molecule has 0 aromatic heterocycles. The number of para-hydroxylation sites is 2. The third kappa shape index (κ3) is 4.01. The Bertz CT molecular complexity index is 936. The fourth-order valence-electron chi connectivity index (χ4n) is 3.10. The Morgan fingerprint density at radius 2 is 0.889 bits per heavy atom. The summed E-state index contributed by atoms with van der Waals surface area (Å²) >= 11 is 0. The van der Waals surface area contributed by atoms with Crippen molar-refractivity contribution in [2.24, 2.45) is 0 Å². The van der Waals surface area contributed by atoms with E-state index in [1.54, 1.807) is 0 Å². The van der Waals surface area contributed by atoms with Gasteiger partial charge < -0.3 is 10.2 Å². The average molecular weight is 350 g/mol. The van der Waals surface area contributed by atoms with Gasteiger partial charge in [0.25, 0.3) is 0 Å². The first-order valence-electron chi connectivity index (χ1n) is 9.13. The van der Waals surface area contributed by atoms with Gasteiger partial charge in [0.15, 0.2) is 0 Å². The lowest BCUT2D eigenvalue weighted by Gasteiger charge is -2.25. The van der Waals surface area contributed by atoms with Crippen LogP contribution in [-0.4, -0.2) is 0 Å². The van der Waals surface area contributed by atoms with Gasteiger partial charge in [-0.15, -0.1) is 0 Å². The van der Waals surface area contributed by atoms with E-state index in [1.165, 1.54) is 5.56 Å². The largest absolute Gasteiger partial charge is 0.356 e. The molecule has 0 fully saturated rings. The molecule has 132 valence electrons. The number of hydrogen-bond donors (Lipinski definition) is 1. The number of aryl methyl sites for hydroxylation is 1. The molecule has 4 aromatic carbocycles. The van der Waals surface area contributed by atoms with Crippen LogP contribution in [0.5, 0.6) is 0 Å². The quantitative estimate of drug-likeness (QED) is 0.409. The summed E-state index contributed by atoms with van der Waals surface area (Å²) in [6.45, 7) is 2.10. The first kappa shape index (κ1) is 16.9. The number of anilines is 5. The van der Waals surface area contributed by atoms with Crippen LogP contribution in [0.4, 0.5) is 28.4 Å². The van der Waals surface area contributed by atoms with E-state index in [1.807, 2.05) is 12.1 Å². The molecular formula is C25H22N2. The van der Waals surface area contributed by atoms with Crippen molar-refractivity contribution in [2.45, 2.75) is 6.92 Å². The molecule has 2 nitrogen and oxygen atoms in total. The summed E-state index contributed by atoms with van der Waals surface area (Å²) < 4.78 is 0. The van der Waals surface area contributed by atoms with Crippen LogP contribution in [0.15, 0.2) is 109 Å². The number of nitrogens with one attached hydrogen (secondary N) is 1.